The molecule has 0 aliphatic heterocycles. The van der Waals surface area contributed by atoms with Gasteiger partial charge in [0.05, 0.1) is 18.2 Å². The van der Waals surface area contributed by atoms with Crippen molar-refractivity contribution < 1.29 is 0 Å². The summed E-state index contributed by atoms with van der Waals surface area (Å²) in [4.78, 5) is 4.25. The van der Waals surface area contributed by atoms with E-state index in [0.29, 0.717) is 5.92 Å². The zero-order valence-corrected chi connectivity index (χ0v) is 11.5. The molecule has 0 radical (unpaired) electrons. The number of nitrogens with two attached hydrogens (primary N) is 1. The highest BCUT2D eigenvalue weighted by atomic mass is 15.1. The third kappa shape index (κ3) is 2.31. The summed E-state index contributed by atoms with van der Waals surface area (Å²) in [6.45, 7) is 8.48. The van der Waals surface area contributed by atoms with Crippen LogP contribution in [0.2, 0.25) is 0 Å². The maximum atomic E-state index is 6.24. The van der Waals surface area contributed by atoms with Crippen LogP contribution < -0.4 is 5.73 Å². The first-order valence-corrected chi connectivity index (χ1v) is 6.36. The number of hydrogen-bond acceptors (Lipinski definition) is 2. The van der Waals surface area contributed by atoms with Crippen LogP contribution in [0.15, 0.2) is 30.7 Å². The van der Waals surface area contributed by atoms with Gasteiger partial charge in [0.1, 0.15) is 0 Å². The van der Waals surface area contributed by atoms with Crippen molar-refractivity contribution in [3.05, 3.63) is 47.5 Å². The molecule has 0 bridgehead atoms. The van der Waals surface area contributed by atoms with E-state index in [0.717, 1.165) is 11.4 Å². The van der Waals surface area contributed by atoms with E-state index in [1.54, 1.807) is 0 Å². The number of aryl methyl sites for hydroxylation is 2. The van der Waals surface area contributed by atoms with E-state index in [1.165, 1.54) is 11.1 Å². The Bertz CT molecular complexity index is 540. The van der Waals surface area contributed by atoms with E-state index >= 15 is 0 Å². The minimum absolute atomic E-state index is 0.00760. The fourth-order valence-corrected chi connectivity index (χ4v) is 2.17. The normalized spacial score (nSPS) is 13.0. The number of imidazole rings is 1. The number of rotatable bonds is 3. The summed E-state index contributed by atoms with van der Waals surface area (Å²) in [6, 6.07) is 6.43. The standard InChI is InChI=1S/C15H21N3/c1-10(2)15(16)14-8-17-9-18(14)13-6-5-11(3)7-12(13)4/h5-10,15H,16H2,1-4H3. The summed E-state index contributed by atoms with van der Waals surface area (Å²) in [7, 11) is 0. The van der Waals surface area contributed by atoms with Crippen LogP contribution in [-0.2, 0) is 0 Å². The maximum absolute atomic E-state index is 6.24. The van der Waals surface area contributed by atoms with Gasteiger partial charge in [-0.3, -0.25) is 0 Å². The number of nitrogens with zero attached hydrogens (tertiary/aromatic N) is 2. The molecule has 2 N–H and O–H groups in total. The second-order valence-corrected chi connectivity index (χ2v) is 5.25. The highest BCUT2D eigenvalue weighted by molar-refractivity contribution is 5.44. The number of aromatic nitrogens is 2. The highest BCUT2D eigenvalue weighted by Gasteiger charge is 2.16. The zero-order chi connectivity index (χ0) is 13.3. The third-order valence-corrected chi connectivity index (χ3v) is 3.34. The van der Waals surface area contributed by atoms with Crippen LogP contribution >= 0.6 is 0 Å². The molecular weight excluding hydrogens is 222 g/mol. The van der Waals surface area contributed by atoms with Crippen LogP contribution in [0, 0.1) is 19.8 Å². The fraction of sp³-hybridized carbons (Fsp3) is 0.400. The van der Waals surface area contributed by atoms with Gasteiger partial charge in [-0.25, -0.2) is 4.98 Å². The SMILES string of the molecule is Cc1ccc(-n2cncc2C(N)C(C)C)c(C)c1. The van der Waals surface area contributed by atoms with E-state index in [2.05, 4.69) is 55.4 Å². The van der Waals surface area contributed by atoms with Crippen LogP contribution in [0.25, 0.3) is 5.69 Å². The zero-order valence-electron chi connectivity index (χ0n) is 11.5. The molecule has 1 aromatic carbocycles. The first-order valence-electron chi connectivity index (χ1n) is 6.36. The summed E-state index contributed by atoms with van der Waals surface area (Å²) in [5, 5.41) is 0. The summed E-state index contributed by atoms with van der Waals surface area (Å²) >= 11 is 0. The molecule has 0 spiro atoms. The van der Waals surface area contributed by atoms with Gasteiger partial charge in [0, 0.05) is 11.7 Å². The monoisotopic (exact) mass is 243 g/mol. The summed E-state index contributed by atoms with van der Waals surface area (Å²) in [5.41, 5.74) is 11.0. The average molecular weight is 243 g/mol. The second kappa shape index (κ2) is 4.94. The van der Waals surface area contributed by atoms with Gasteiger partial charge in [-0.05, 0) is 31.4 Å². The minimum Gasteiger partial charge on any atom is -0.322 e. The molecule has 96 valence electrons. The molecule has 0 saturated heterocycles. The van der Waals surface area contributed by atoms with Crippen LogP contribution in [-0.4, -0.2) is 9.55 Å². The molecule has 0 saturated carbocycles. The predicted octanol–water partition coefficient (Wildman–Crippen LogP) is 3.14. The summed E-state index contributed by atoms with van der Waals surface area (Å²) in [5.74, 6) is 0.395. The van der Waals surface area contributed by atoms with Crippen molar-refractivity contribution in [1.29, 1.82) is 0 Å². The van der Waals surface area contributed by atoms with E-state index in [4.69, 9.17) is 5.73 Å². The lowest BCUT2D eigenvalue weighted by molar-refractivity contribution is 0.497. The Labute approximate surface area is 109 Å². The molecule has 18 heavy (non-hydrogen) atoms. The van der Waals surface area contributed by atoms with Gasteiger partial charge in [-0.2, -0.15) is 0 Å². The summed E-state index contributed by atoms with van der Waals surface area (Å²) in [6.07, 6.45) is 3.71. The Morgan fingerprint density at radius 3 is 2.56 bits per heavy atom. The molecule has 1 unspecified atom stereocenters. The first-order chi connectivity index (χ1) is 8.50. The largest absolute Gasteiger partial charge is 0.322 e. The van der Waals surface area contributed by atoms with E-state index < -0.39 is 0 Å². The molecule has 0 fully saturated rings. The van der Waals surface area contributed by atoms with Crippen molar-refractivity contribution in [3.8, 4) is 5.69 Å². The molecule has 2 rings (SSSR count). The molecule has 2 aromatic rings. The Morgan fingerprint density at radius 2 is 1.94 bits per heavy atom. The molecule has 1 aromatic heterocycles. The Hall–Kier alpha value is -1.61. The molecule has 0 aliphatic rings. The van der Waals surface area contributed by atoms with Gasteiger partial charge < -0.3 is 10.3 Å². The van der Waals surface area contributed by atoms with Gasteiger partial charge >= 0.3 is 0 Å². The van der Waals surface area contributed by atoms with Gasteiger partial charge in [0.25, 0.3) is 0 Å². The Morgan fingerprint density at radius 1 is 1.22 bits per heavy atom. The van der Waals surface area contributed by atoms with E-state index in [-0.39, 0.29) is 6.04 Å². The van der Waals surface area contributed by atoms with Crippen molar-refractivity contribution in [2.45, 2.75) is 33.7 Å². The lowest BCUT2D eigenvalue weighted by Gasteiger charge is -2.19. The van der Waals surface area contributed by atoms with Crippen LogP contribution in [0.5, 0.6) is 0 Å². The molecule has 0 amide bonds. The van der Waals surface area contributed by atoms with Crippen LogP contribution in [0.4, 0.5) is 0 Å². The Balaban J connectivity index is 2.49. The van der Waals surface area contributed by atoms with E-state index in [1.807, 2.05) is 12.5 Å². The quantitative estimate of drug-likeness (QED) is 0.900. The lowest BCUT2D eigenvalue weighted by atomic mass is 10.0. The van der Waals surface area contributed by atoms with Crippen molar-refractivity contribution in [2.24, 2.45) is 11.7 Å². The van der Waals surface area contributed by atoms with Gasteiger partial charge in [-0.1, -0.05) is 31.5 Å². The molecule has 1 atom stereocenters. The van der Waals surface area contributed by atoms with Gasteiger partial charge in [0.15, 0.2) is 0 Å². The number of hydrogen-bond donors (Lipinski definition) is 1. The predicted molar refractivity (Wildman–Crippen MR) is 74.8 cm³/mol. The first kappa shape index (κ1) is 12.8. The summed E-state index contributed by atoms with van der Waals surface area (Å²) < 4.78 is 2.10. The maximum Gasteiger partial charge on any atom is 0.0994 e. The van der Waals surface area contributed by atoms with Crippen LogP contribution in [0.3, 0.4) is 0 Å². The van der Waals surface area contributed by atoms with Gasteiger partial charge in [0.2, 0.25) is 0 Å². The van der Waals surface area contributed by atoms with Crippen molar-refractivity contribution in [1.82, 2.24) is 9.55 Å². The second-order valence-electron chi connectivity index (χ2n) is 5.25. The topological polar surface area (TPSA) is 43.8 Å². The van der Waals surface area contributed by atoms with Crippen LogP contribution in [0.1, 0.15) is 36.7 Å². The Kier molecular flexibility index (Phi) is 3.53. The average Bonchev–Trinajstić information content (AvgIpc) is 2.76. The molecule has 1 heterocycles. The van der Waals surface area contributed by atoms with Crippen molar-refractivity contribution >= 4 is 0 Å². The number of benzene rings is 1. The van der Waals surface area contributed by atoms with Crippen molar-refractivity contribution in [2.75, 3.05) is 0 Å². The minimum atomic E-state index is 0.00760. The fourth-order valence-electron chi connectivity index (χ4n) is 2.17. The molecular formula is C15H21N3. The third-order valence-electron chi connectivity index (χ3n) is 3.34. The molecule has 0 aliphatic carbocycles. The smallest absolute Gasteiger partial charge is 0.0994 e. The van der Waals surface area contributed by atoms with Crippen molar-refractivity contribution in [3.63, 3.8) is 0 Å². The molecule has 3 nitrogen and oxygen atoms in total. The molecule has 3 heteroatoms. The van der Waals surface area contributed by atoms with Gasteiger partial charge in [-0.15, -0.1) is 0 Å². The highest BCUT2D eigenvalue weighted by Crippen LogP contribution is 2.23. The van der Waals surface area contributed by atoms with E-state index in [9.17, 15) is 0 Å². The lowest BCUT2D eigenvalue weighted by Crippen LogP contribution is -2.20.